The lowest BCUT2D eigenvalue weighted by Crippen LogP contribution is -2.54. The Kier molecular flexibility index (Phi) is 6.37. The zero-order valence-electron chi connectivity index (χ0n) is 12.6. The SMILES string of the molecule is CC.CC1CN(C)CC(C)N1Cc1ccccc1. The fraction of sp³-hybridized carbons (Fsp3) is 0.625. The molecule has 2 nitrogen and oxygen atoms in total. The van der Waals surface area contributed by atoms with Gasteiger partial charge in [0.15, 0.2) is 0 Å². The van der Waals surface area contributed by atoms with Crippen molar-refractivity contribution in [2.24, 2.45) is 0 Å². The van der Waals surface area contributed by atoms with Crippen LogP contribution in [-0.2, 0) is 6.54 Å². The summed E-state index contributed by atoms with van der Waals surface area (Å²) >= 11 is 0. The molecule has 2 rings (SSSR count). The highest BCUT2D eigenvalue weighted by Gasteiger charge is 2.27. The van der Waals surface area contributed by atoms with Gasteiger partial charge in [0.05, 0.1) is 0 Å². The van der Waals surface area contributed by atoms with Gasteiger partial charge in [-0.25, -0.2) is 0 Å². The van der Waals surface area contributed by atoms with E-state index in [4.69, 9.17) is 0 Å². The van der Waals surface area contributed by atoms with E-state index in [2.05, 4.69) is 61.0 Å². The van der Waals surface area contributed by atoms with Gasteiger partial charge >= 0.3 is 0 Å². The maximum atomic E-state index is 2.61. The molecule has 1 saturated heterocycles. The Morgan fingerprint density at radius 2 is 1.50 bits per heavy atom. The highest BCUT2D eigenvalue weighted by atomic mass is 15.3. The molecule has 0 bridgehead atoms. The summed E-state index contributed by atoms with van der Waals surface area (Å²) in [6.07, 6.45) is 0. The number of likely N-dealkylation sites (N-methyl/N-ethyl adjacent to an activating group) is 1. The molecule has 2 unspecified atom stereocenters. The van der Waals surface area contributed by atoms with E-state index in [1.807, 2.05) is 13.8 Å². The van der Waals surface area contributed by atoms with Crippen molar-refractivity contribution in [1.82, 2.24) is 9.80 Å². The summed E-state index contributed by atoms with van der Waals surface area (Å²) in [6.45, 7) is 12.1. The van der Waals surface area contributed by atoms with Crippen LogP contribution in [0.3, 0.4) is 0 Å². The molecule has 1 fully saturated rings. The first-order valence-corrected chi connectivity index (χ1v) is 7.15. The van der Waals surface area contributed by atoms with E-state index in [-0.39, 0.29) is 0 Å². The molecule has 18 heavy (non-hydrogen) atoms. The average Bonchev–Trinajstić information content (AvgIpc) is 2.37. The average molecular weight is 248 g/mol. The Balaban J connectivity index is 0.000000771. The maximum Gasteiger partial charge on any atom is 0.0240 e. The van der Waals surface area contributed by atoms with E-state index >= 15 is 0 Å². The zero-order valence-corrected chi connectivity index (χ0v) is 12.6. The Bertz CT molecular complexity index is 311. The Morgan fingerprint density at radius 3 is 2.00 bits per heavy atom. The van der Waals surface area contributed by atoms with Gasteiger partial charge < -0.3 is 4.90 Å². The van der Waals surface area contributed by atoms with Crippen molar-refractivity contribution < 1.29 is 0 Å². The number of hydrogen-bond acceptors (Lipinski definition) is 2. The smallest absolute Gasteiger partial charge is 0.0240 e. The van der Waals surface area contributed by atoms with Crippen LogP contribution < -0.4 is 0 Å². The van der Waals surface area contributed by atoms with Crippen LogP contribution >= 0.6 is 0 Å². The molecule has 0 aromatic heterocycles. The van der Waals surface area contributed by atoms with Crippen molar-refractivity contribution in [3.8, 4) is 0 Å². The normalized spacial score (nSPS) is 25.4. The van der Waals surface area contributed by atoms with Crippen molar-refractivity contribution in [3.63, 3.8) is 0 Å². The molecule has 1 aromatic rings. The fourth-order valence-corrected chi connectivity index (χ4v) is 2.73. The number of nitrogens with zero attached hydrogens (tertiary/aromatic N) is 2. The van der Waals surface area contributed by atoms with Crippen molar-refractivity contribution >= 4 is 0 Å². The fourth-order valence-electron chi connectivity index (χ4n) is 2.73. The summed E-state index contributed by atoms with van der Waals surface area (Å²) < 4.78 is 0. The minimum Gasteiger partial charge on any atom is -0.303 e. The van der Waals surface area contributed by atoms with Crippen LogP contribution in [-0.4, -0.2) is 42.0 Å². The van der Waals surface area contributed by atoms with Crippen LogP contribution in [0.15, 0.2) is 30.3 Å². The monoisotopic (exact) mass is 248 g/mol. The molecular weight excluding hydrogens is 220 g/mol. The molecule has 0 N–H and O–H groups in total. The number of piperazine rings is 1. The molecule has 1 heterocycles. The summed E-state index contributed by atoms with van der Waals surface area (Å²) in [6, 6.07) is 12.1. The Morgan fingerprint density at radius 1 is 1.00 bits per heavy atom. The second kappa shape index (κ2) is 7.55. The molecule has 0 radical (unpaired) electrons. The second-order valence-corrected chi connectivity index (χ2v) is 5.08. The Labute approximate surface area is 113 Å². The van der Waals surface area contributed by atoms with Gasteiger partial charge in [-0.1, -0.05) is 44.2 Å². The minimum atomic E-state index is 0.647. The van der Waals surface area contributed by atoms with E-state index < -0.39 is 0 Å². The van der Waals surface area contributed by atoms with Gasteiger partial charge in [0.2, 0.25) is 0 Å². The summed E-state index contributed by atoms with van der Waals surface area (Å²) in [5.41, 5.74) is 1.42. The van der Waals surface area contributed by atoms with E-state index in [0.717, 1.165) is 6.54 Å². The first kappa shape index (κ1) is 15.2. The van der Waals surface area contributed by atoms with Gasteiger partial charge in [-0.05, 0) is 26.5 Å². The summed E-state index contributed by atoms with van der Waals surface area (Å²) in [5.74, 6) is 0. The van der Waals surface area contributed by atoms with Crippen LogP contribution in [0.4, 0.5) is 0 Å². The van der Waals surface area contributed by atoms with Crippen LogP contribution in [0, 0.1) is 0 Å². The van der Waals surface area contributed by atoms with Gasteiger partial charge in [0.1, 0.15) is 0 Å². The van der Waals surface area contributed by atoms with Gasteiger partial charge in [-0.15, -0.1) is 0 Å². The first-order valence-electron chi connectivity index (χ1n) is 7.15. The summed E-state index contributed by atoms with van der Waals surface area (Å²) in [7, 11) is 2.22. The molecule has 1 aliphatic rings. The van der Waals surface area contributed by atoms with Crippen LogP contribution in [0.25, 0.3) is 0 Å². The lowest BCUT2D eigenvalue weighted by atomic mass is 10.1. The highest BCUT2D eigenvalue weighted by Crippen LogP contribution is 2.17. The van der Waals surface area contributed by atoms with Crippen molar-refractivity contribution in [2.75, 3.05) is 20.1 Å². The standard InChI is InChI=1S/C14H22N2.C2H6/c1-12-9-15(3)10-13(2)16(12)11-14-7-5-4-6-8-14;1-2/h4-8,12-13H,9-11H2,1-3H3;1-2H3. The van der Waals surface area contributed by atoms with Crippen molar-refractivity contribution in [3.05, 3.63) is 35.9 Å². The number of rotatable bonds is 2. The van der Waals surface area contributed by atoms with Crippen LogP contribution in [0.5, 0.6) is 0 Å². The van der Waals surface area contributed by atoms with Gasteiger partial charge in [0.25, 0.3) is 0 Å². The van der Waals surface area contributed by atoms with Crippen molar-refractivity contribution in [1.29, 1.82) is 0 Å². The third kappa shape index (κ3) is 4.11. The summed E-state index contributed by atoms with van der Waals surface area (Å²) in [5, 5.41) is 0. The summed E-state index contributed by atoms with van der Waals surface area (Å²) in [4.78, 5) is 5.03. The molecule has 0 amide bonds. The second-order valence-electron chi connectivity index (χ2n) is 5.08. The molecule has 102 valence electrons. The van der Waals surface area contributed by atoms with Crippen LogP contribution in [0.1, 0.15) is 33.3 Å². The quantitative estimate of drug-likeness (QED) is 0.793. The minimum absolute atomic E-state index is 0.647. The molecule has 1 aliphatic heterocycles. The predicted molar refractivity (Wildman–Crippen MR) is 79.8 cm³/mol. The maximum absolute atomic E-state index is 2.61. The van der Waals surface area contributed by atoms with Crippen molar-refractivity contribution in [2.45, 2.75) is 46.3 Å². The lowest BCUT2D eigenvalue weighted by molar-refractivity contribution is 0.0458. The van der Waals surface area contributed by atoms with E-state index in [1.165, 1.54) is 18.7 Å². The highest BCUT2D eigenvalue weighted by molar-refractivity contribution is 5.15. The molecule has 0 saturated carbocycles. The first-order chi connectivity index (χ1) is 8.66. The molecule has 0 spiro atoms. The van der Waals surface area contributed by atoms with Gasteiger partial charge in [0, 0.05) is 31.7 Å². The largest absolute Gasteiger partial charge is 0.303 e. The van der Waals surface area contributed by atoms with E-state index in [1.54, 1.807) is 0 Å². The number of benzene rings is 1. The third-order valence-electron chi connectivity index (χ3n) is 3.49. The molecule has 2 atom stereocenters. The number of hydrogen-bond donors (Lipinski definition) is 0. The third-order valence-corrected chi connectivity index (χ3v) is 3.49. The van der Waals surface area contributed by atoms with Gasteiger partial charge in [-0.3, -0.25) is 4.90 Å². The molecular formula is C16H28N2. The van der Waals surface area contributed by atoms with Gasteiger partial charge in [-0.2, -0.15) is 0 Å². The van der Waals surface area contributed by atoms with Crippen LogP contribution in [0.2, 0.25) is 0 Å². The molecule has 1 aromatic carbocycles. The van der Waals surface area contributed by atoms with E-state index in [0.29, 0.717) is 12.1 Å². The lowest BCUT2D eigenvalue weighted by Gasteiger charge is -2.43. The van der Waals surface area contributed by atoms with E-state index in [9.17, 15) is 0 Å². The Hall–Kier alpha value is -0.860. The zero-order chi connectivity index (χ0) is 13.5. The molecule has 2 heteroatoms. The predicted octanol–water partition coefficient (Wildman–Crippen LogP) is 3.24. The topological polar surface area (TPSA) is 6.48 Å². The molecule has 0 aliphatic carbocycles.